The van der Waals surface area contributed by atoms with Crippen molar-refractivity contribution in [2.45, 2.75) is 23.9 Å². The number of hydrogen-bond donors (Lipinski definition) is 1. The molecule has 2 aliphatic rings. The number of hydrogen-bond acceptors (Lipinski definition) is 4. The molecule has 2 aromatic rings. The number of halogens is 3. The fourth-order valence-electron chi connectivity index (χ4n) is 4.22. The Morgan fingerprint density at radius 3 is 2.19 bits per heavy atom. The van der Waals surface area contributed by atoms with Crippen LogP contribution in [0.15, 0.2) is 47.4 Å². The SMILES string of the molecule is O=C(O)C1Cc2cccc(S(=O)(=O)N3CCN(c4ccc(C(F)(F)F)cc4)CC3)c2C1. The minimum Gasteiger partial charge on any atom is -0.481 e. The molecule has 1 unspecified atom stereocenters. The van der Waals surface area contributed by atoms with Gasteiger partial charge >= 0.3 is 12.1 Å². The van der Waals surface area contributed by atoms with E-state index in [4.69, 9.17) is 0 Å². The standard InChI is InChI=1S/C21H21F3N2O4S/c22-21(23,24)16-4-6-17(7-5-16)25-8-10-26(11-9-25)31(29,30)19-3-1-2-14-12-15(20(27)28)13-18(14)19/h1-7,15H,8-13H2,(H,27,28). The van der Waals surface area contributed by atoms with E-state index in [1.165, 1.54) is 22.5 Å². The molecule has 6 nitrogen and oxygen atoms in total. The largest absolute Gasteiger partial charge is 0.481 e. The van der Waals surface area contributed by atoms with Crippen molar-refractivity contribution >= 4 is 21.7 Å². The van der Waals surface area contributed by atoms with Crippen LogP contribution in [0, 0.1) is 5.92 Å². The summed E-state index contributed by atoms with van der Waals surface area (Å²) >= 11 is 0. The van der Waals surface area contributed by atoms with Crippen LogP contribution < -0.4 is 4.90 Å². The maximum Gasteiger partial charge on any atom is 0.416 e. The number of nitrogens with zero attached hydrogens (tertiary/aromatic N) is 2. The fourth-order valence-corrected chi connectivity index (χ4v) is 5.92. The Balaban J connectivity index is 1.48. The summed E-state index contributed by atoms with van der Waals surface area (Å²) in [5.41, 5.74) is 1.20. The Kier molecular flexibility index (Phi) is 5.47. The van der Waals surface area contributed by atoms with Gasteiger partial charge in [0, 0.05) is 31.9 Å². The molecule has 4 rings (SSSR count). The van der Waals surface area contributed by atoms with Gasteiger partial charge in [-0.2, -0.15) is 17.5 Å². The summed E-state index contributed by atoms with van der Waals surface area (Å²) < 4.78 is 66.1. The second-order valence-electron chi connectivity index (χ2n) is 7.77. The van der Waals surface area contributed by atoms with Gasteiger partial charge in [-0.05, 0) is 54.3 Å². The van der Waals surface area contributed by atoms with Gasteiger partial charge in [0.05, 0.1) is 16.4 Å². The molecule has 1 aliphatic carbocycles. The Hall–Kier alpha value is -2.59. The average molecular weight is 454 g/mol. The minimum absolute atomic E-state index is 0.150. The number of aliphatic carboxylic acids is 1. The second kappa shape index (κ2) is 7.83. The smallest absolute Gasteiger partial charge is 0.416 e. The number of piperazine rings is 1. The van der Waals surface area contributed by atoms with Gasteiger partial charge in [0.2, 0.25) is 10.0 Å². The van der Waals surface area contributed by atoms with Gasteiger partial charge in [-0.15, -0.1) is 0 Å². The monoisotopic (exact) mass is 454 g/mol. The van der Waals surface area contributed by atoms with Gasteiger partial charge in [0.1, 0.15) is 0 Å². The molecule has 1 fully saturated rings. The first-order valence-corrected chi connectivity index (χ1v) is 11.3. The molecule has 10 heteroatoms. The van der Waals surface area contributed by atoms with Crippen molar-refractivity contribution in [1.82, 2.24) is 4.31 Å². The third-order valence-corrected chi connectivity index (χ3v) is 7.90. The van der Waals surface area contributed by atoms with E-state index in [9.17, 15) is 31.5 Å². The number of carboxylic acid groups (broad SMARTS) is 1. The summed E-state index contributed by atoms with van der Waals surface area (Å²) in [6.07, 6.45) is -3.90. The van der Waals surface area contributed by atoms with Gasteiger partial charge < -0.3 is 10.0 Å². The van der Waals surface area contributed by atoms with Crippen LogP contribution in [0.3, 0.4) is 0 Å². The predicted octanol–water partition coefficient (Wildman–Crippen LogP) is 3.02. The molecular weight excluding hydrogens is 433 g/mol. The van der Waals surface area contributed by atoms with E-state index in [-0.39, 0.29) is 24.4 Å². The van der Waals surface area contributed by atoms with Crippen molar-refractivity contribution < 1.29 is 31.5 Å². The van der Waals surface area contributed by atoms with Crippen LogP contribution in [0.25, 0.3) is 0 Å². The van der Waals surface area contributed by atoms with Crippen LogP contribution in [-0.4, -0.2) is 50.0 Å². The molecule has 0 spiro atoms. The Morgan fingerprint density at radius 2 is 1.61 bits per heavy atom. The van der Waals surface area contributed by atoms with E-state index in [1.807, 2.05) is 4.90 Å². The highest BCUT2D eigenvalue weighted by atomic mass is 32.2. The van der Waals surface area contributed by atoms with Gasteiger partial charge in [-0.1, -0.05) is 12.1 Å². The number of carbonyl (C=O) groups is 1. The lowest BCUT2D eigenvalue weighted by molar-refractivity contribution is -0.141. The third kappa shape index (κ3) is 4.14. The molecule has 31 heavy (non-hydrogen) atoms. The van der Waals surface area contributed by atoms with E-state index in [0.29, 0.717) is 30.8 Å². The van der Waals surface area contributed by atoms with E-state index >= 15 is 0 Å². The zero-order valence-electron chi connectivity index (χ0n) is 16.5. The molecule has 2 aromatic carbocycles. The zero-order valence-corrected chi connectivity index (χ0v) is 17.3. The number of fused-ring (bicyclic) bond motifs is 1. The molecule has 1 aliphatic heterocycles. The van der Waals surface area contributed by atoms with E-state index in [2.05, 4.69) is 0 Å². The first kappa shape index (κ1) is 21.6. The molecule has 166 valence electrons. The summed E-state index contributed by atoms with van der Waals surface area (Å²) in [6.45, 7) is 1.07. The quantitative estimate of drug-likeness (QED) is 0.769. The highest BCUT2D eigenvalue weighted by Crippen LogP contribution is 2.34. The lowest BCUT2D eigenvalue weighted by Gasteiger charge is -2.35. The van der Waals surface area contributed by atoms with Crippen molar-refractivity contribution in [2.24, 2.45) is 5.92 Å². The summed E-state index contributed by atoms with van der Waals surface area (Å²) in [6, 6.07) is 9.73. The molecule has 1 atom stereocenters. The number of anilines is 1. The van der Waals surface area contributed by atoms with Gasteiger partial charge in [-0.25, -0.2) is 8.42 Å². The molecule has 1 N–H and O–H groups in total. The van der Waals surface area contributed by atoms with Crippen LogP contribution in [0.4, 0.5) is 18.9 Å². The molecule has 1 saturated heterocycles. The Labute approximate surface area is 177 Å². The van der Waals surface area contributed by atoms with Crippen molar-refractivity contribution in [1.29, 1.82) is 0 Å². The van der Waals surface area contributed by atoms with E-state index < -0.39 is 33.7 Å². The number of rotatable bonds is 4. The van der Waals surface area contributed by atoms with Crippen molar-refractivity contribution in [3.05, 3.63) is 59.2 Å². The number of sulfonamides is 1. The van der Waals surface area contributed by atoms with E-state index in [0.717, 1.165) is 17.7 Å². The highest BCUT2D eigenvalue weighted by molar-refractivity contribution is 7.89. The summed E-state index contributed by atoms with van der Waals surface area (Å²) in [5, 5.41) is 9.30. The van der Waals surface area contributed by atoms with Crippen molar-refractivity contribution in [2.75, 3.05) is 31.1 Å². The molecular formula is C21H21F3N2O4S. The first-order valence-electron chi connectivity index (χ1n) is 9.83. The Bertz CT molecular complexity index is 1090. The van der Waals surface area contributed by atoms with Gasteiger partial charge in [0.25, 0.3) is 0 Å². The van der Waals surface area contributed by atoms with Crippen LogP contribution in [0.2, 0.25) is 0 Å². The molecule has 0 bridgehead atoms. The molecule has 0 radical (unpaired) electrons. The highest BCUT2D eigenvalue weighted by Gasteiger charge is 2.36. The summed E-state index contributed by atoms with van der Waals surface area (Å²) in [7, 11) is -3.80. The normalized spacial score (nSPS) is 20.0. The molecule has 1 heterocycles. The lowest BCUT2D eigenvalue weighted by Crippen LogP contribution is -2.48. The average Bonchev–Trinajstić information content (AvgIpc) is 3.18. The van der Waals surface area contributed by atoms with Gasteiger partial charge in [-0.3, -0.25) is 4.79 Å². The second-order valence-corrected chi connectivity index (χ2v) is 9.68. The molecule has 0 amide bonds. The van der Waals surface area contributed by atoms with Crippen molar-refractivity contribution in [3.63, 3.8) is 0 Å². The predicted molar refractivity (Wildman–Crippen MR) is 107 cm³/mol. The minimum atomic E-state index is -4.40. The van der Waals surface area contributed by atoms with Gasteiger partial charge in [0.15, 0.2) is 0 Å². The lowest BCUT2D eigenvalue weighted by atomic mass is 10.1. The maximum absolute atomic E-state index is 13.3. The fraction of sp³-hybridized carbons (Fsp3) is 0.381. The number of carboxylic acids is 1. The third-order valence-electron chi connectivity index (χ3n) is 5.91. The van der Waals surface area contributed by atoms with Crippen LogP contribution in [0.5, 0.6) is 0 Å². The molecule has 0 saturated carbocycles. The van der Waals surface area contributed by atoms with Crippen LogP contribution in [0.1, 0.15) is 16.7 Å². The topological polar surface area (TPSA) is 77.9 Å². The van der Waals surface area contributed by atoms with Crippen LogP contribution >= 0.6 is 0 Å². The van der Waals surface area contributed by atoms with Crippen LogP contribution in [-0.2, 0) is 33.8 Å². The van der Waals surface area contributed by atoms with E-state index in [1.54, 1.807) is 12.1 Å². The molecule has 0 aromatic heterocycles. The number of benzene rings is 2. The number of alkyl halides is 3. The summed E-state index contributed by atoms with van der Waals surface area (Å²) in [5.74, 6) is -1.56. The zero-order chi connectivity index (χ0) is 22.4. The Morgan fingerprint density at radius 1 is 0.968 bits per heavy atom. The maximum atomic E-state index is 13.3. The summed E-state index contributed by atoms with van der Waals surface area (Å²) in [4.78, 5) is 13.4. The van der Waals surface area contributed by atoms with Crippen molar-refractivity contribution in [3.8, 4) is 0 Å². The first-order chi connectivity index (χ1) is 14.6.